The molecule has 0 aliphatic carbocycles. The molecule has 7 heteroatoms. The molecule has 21 heavy (non-hydrogen) atoms. The van der Waals surface area contributed by atoms with Crippen molar-refractivity contribution in [3.63, 3.8) is 0 Å². The maximum absolute atomic E-state index is 12.1. The monoisotopic (exact) mass is 291 g/mol. The predicted molar refractivity (Wildman–Crippen MR) is 68.7 cm³/mol. The molecule has 1 unspecified atom stereocenters. The van der Waals surface area contributed by atoms with E-state index in [1.807, 2.05) is 6.07 Å². The fourth-order valence-corrected chi connectivity index (χ4v) is 2.56. The molecule has 1 aromatic rings. The topological polar surface area (TPSA) is 93.1 Å². The van der Waals surface area contributed by atoms with Gasteiger partial charge in [0.25, 0.3) is 0 Å². The van der Waals surface area contributed by atoms with Crippen molar-refractivity contribution in [2.24, 2.45) is 5.92 Å². The van der Waals surface area contributed by atoms with E-state index in [1.165, 1.54) is 0 Å². The van der Waals surface area contributed by atoms with Crippen LogP contribution in [-0.2, 0) is 20.8 Å². The Labute approximate surface area is 120 Å². The Morgan fingerprint density at radius 3 is 2.81 bits per heavy atom. The van der Waals surface area contributed by atoms with Crippen LogP contribution in [0.2, 0.25) is 0 Å². The number of hydrogen-bond donors (Lipinski definition) is 1. The highest BCUT2D eigenvalue weighted by Crippen LogP contribution is 2.34. The van der Waals surface area contributed by atoms with Crippen LogP contribution >= 0.6 is 0 Å². The van der Waals surface area contributed by atoms with E-state index < -0.39 is 30.2 Å². The molecule has 2 aliphatic heterocycles. The Hall–Kier alpha value is -2.57. The summed E-state index contributed by atoms with van der Waals surface area (Å²) in [5, 5.41) is 8.71. The third-order valence-electron chi connectivity index (χ3n) is 3.55. The number of carboxylic acid groups (broad SMARTS) is 1. The van der Waals surface area contributed by atoms with Crippen molar-refractivity contribution in [1.29, 1.82) is 0 Å². The number of fused-ring (bicyclic) bond motifs is 1. The molecule has 1 aromatic carbocycles. The van der Waals surface area contributed by atoms with Crippen LogP contribution < -0.4 is 9.47 Å². The second-order valence-electron chi connectivity index (χ2n) is 5.00. The molecular weight excluding hydrogens is 278 g/mol. The minimum Gasteiger partial charge on any atom is -0.480 e. The molecule has 2 aliphatic rings. The fraction of sp³-hybridized carbons (Fsp3) is 0.357. The molecule has 110 valence electrons. The van der Waals surface area contributed by atoms with Crippen LogP contribution in [0.25, 0.3) is 0 Å². The highest BCUT2D eigenvalue weighted by molar-refractivity contribution is 6.05. The molecule has 0 radical (unpaired) electrons. The quantitative estimate of drug-likeness (QED) is 0.808. The number of imide groups is 1. The molecule has 7 nitrogen and oxygen atoms in total. The molecule has 0 bridgehead atoms. The van der Waals surface area contributed by atoms with Gasteiger partial charge in [-0.05, 0) is 24.1 Å². The molecule has 1 saturated heterocycles. The molecule has 1 atom stereocenters. The predicted octanol–water partition coefficient (Wildman–Crippen LogP) is 0.417. The summed E-state index contributed by atoms with van der Waals surface area (Å²) in [6, 6.07) is 5.35. The minimum absolute atomic E-state index is 0.0422. The van der Waals surface area contributed by atoms with Gasteiger partial charge in [-0.15, -0.1) is 0 Å². The number of carbonyl (C=O) groups excluding carboxylic acids is 2. The lowest BCUT2D eigenvalue weighted by molar-refractivity contribution is -0.149. The lowest BCUT2D eigenvalue weighted by Crippen LogP contribution is -2.35. The minimum atomic E-state index is -1.19. The maximum atomic E-state index is 12.1. The smallest absolute Gasteiger partial charge is 0.323 e. The second kappa shape index (κ2) is 5.08. The van der Waals surface area contributed by atoms with Crippen LogP contribution in [0.3, 0.4) is 0 Å². The molecule has 0 spiro atoms. The summed E-state index contributed by atoms with van der Waals surface area (Å²) < 4.78 is 10.5. The van der Waals surface area contributed by atoms with Crippen molar-refractivity contribution in [3.05, 3.63) is 23.8 Å². The van der Waals surface area contributed by atoms with Gasteiger partial charge >= 0.3 is 5.97 Å². The first kappa shape index (κ1) is 13.4. The Kier molecular flexibility index (Phi) is 3.25. The Morgan fingerprint density at radius 2 is 2.05 bits per heavy atom. The Bertz CT molecular complexity index is 626. The number of hydrogen-bond acceptors (Lipinski definition) is 5. The zero-order valence-corrected chi connectivity index (χ0v) is 11.1. The first-order chi connectivity index (χ1) is 10.0. The van der Waals surface area contributed by atoms with Gasteiger partial charge in [-0.2, -0.15) is 0 Å². The number of likely N-dealkylation sites (tertiary alicyclic amines) is 1. The van der Waals surface area contributed by atoms with Crippen molar-refractivity contribution in [1.82, 2.24) is 4.90 Å². The molecule has 0 aromatic heterocycles. The van der Waals surface area contributed by atoms with E-state index in [-0.39, 0.29) is 13.2 Å². The molecule has 3 rings (SSSR count). The van der Waals surface area contributed by atoms with E-state index in [4.69, 9.17) is 14.6 Å². The van der Waals surface area contributed by atoms with E-state index in [0.717, 1.165) is 10.5 Å². The summed E-state index contributed by atoms with van der Waals surface area (Å²) >= 11 is 0. The summed E-state index contributed by atoms with van der Waals surface area (Å²) in [5.41, 5.74) is 0.850. The molecular formula is C14H13NO6. The normalized spacial score (nSPS) is 20.2. The third kappa shape index (κ3) is 2.54. The first-order valence-electron chi connectivity index (χ1n) is 6.49. The molecule has 0 saturated carbocycles. The lowest BCUT2D eigenvalue weighted by atomic mass is 9.97. The van der Waals surface area contributed by atoms with Crippen molar-refractivity contribution >= 4 is 17.8 Å². The molecule has 1 fully saturated rings. The van der Waals surface area contributed by atoms with Gasteiger partial charge in [0.2, 0.25) is 18.6 Å². The van der Waals surface area contributed by atoms with E-state index in [0.29, 0.717) is 17.9 Å². The fourth-order valence-electron chi connectivity index (χ4n) is 2.56. The molecule has 1 N–H and O–H groups in total. The summed E-state index contributed by atoms with van der Waals surface area (Å²) in [5.74, 6) is -1.31. The van der Waals surface area contributed by atoms with Gasteiger partial charge in [-0.25, -0.2) is 0 Å². The van der Waals surface area contributed by atoms with Crippen LogP contribution in [0.15, 0.2) is 18.2 Å². The number of carboxylic acids is 1. The Balaban J connectivity index is 1.72. The molecule has 2 amide bonds. The highest BCUT2D eigenvalue weighted by atomic mass is 16.7. The Morgan fingerprint density at radius 1 is 1.29 bits per heavy atom. The number of rotatable bonds is 4. The number of benzene rings is 1. The highest BCUT2D eigenvalue weighted by Gasteiger charge is 2.39. The van der Waals surface area contributed by atoms with Crippen LogP contribution in [-0.4, -0.2) is 41.1 Å². The van der Waals surface area contributed by atoms with Gasteiger partial charge in [-0.1, -0.05) is 6.07 Å². The first-order valence-corrected chi connectivity index (χ1v) is 6.49. The second-order valence-corrected chi connectivity index (χ2v) is 5.00. The number of nitrogens with zero attached hydrogens (tertiary/aromatic N) is 1. The van der Waals surface area contributed by atoms with E-state index in [9.17, 15) is 14.4 Å². The van der Waals surface area contributed by atoms with Gasteiger partial charge in [0.1, 0.15) is 6.54 Å². The average Bonchev–Trinajstić information content (AvgIpc) is 2.98. The van der Waals surface area contributed by atoms with Crippen LogP contribution in [0, 0.1) is 5.92 Å². The van der Waals surface area contributed by atoms with Crippen LogP contribution in [0.5, 0.6) is 11.5 Å². The van der Waals surface area contributed by atoms with E-state index in [2.05, 4.69) is 0 Å². The van der Waals surface area contributed by atoms with Crippen molar-refractivity contribution in [2.75, 3.05) is 13.3 Å². The van der Waals surface area contributed by atoms with Gasteiger partial charge in [0, 0.05) is 6.42 Å². The van der Waals surface area contributed by atoms with E-state index in [1.54, 1.807) is 12.1 Å². The van der Waals surface area contributed by atoms with Crippen molar-refractivity contribution in [3.8, 4) is 11.5 Å². The average molecular weight is 291 g/mol. The number of amides is 2. The number of carbonyl (C=O) groups is 3. The maximum Gasteiger partial charge on any atom is 0.323 e. The van der Waals surface area contributed by atoms with E-state index >= 15 is 0 Å². The largest absolute Gasteiger partial charge is 0.480 e. The zero-order chi connectivity index (χ0) is 15.0. The zero-order valence-electron chi connectivity index (χ0n) is 11.1. The van der Waals surface area contributed by atoms with Crippen molar-refractivity contribution in [2.45, 2.75) is 12.8 Å². The summed E-state index contributed by atoms with van der Waals surface area (Å²) in [7, 11) is 0. The molecule has 2 heterocycles. The van der Waals surface area contributed by atoms with Crippen molar-refractivity contribution < 1.29 is 29.0 Å². The van der Waals surface area contributed by atoms with Crippen LogP contribution in [0.1, 0.15) is 12.0 Å². The van der Waals surface area contributed by atoms with Crippen LogP contribution in [0.4, 0.5) is 0 Å². The summed E-state index contributed by atoms with van der Waals surface area (Å²) in [4.78, 5) is 35.2. The lowest BCUT2D eigenvalue weighted by Gasteiger charge is -2.12. The van der Waals surface area contributed by atoms with Gasteiger partial charge in [0.05, 0.1) is 5.92 Å². The SMILES string of the molecule is O=C(O)CN1C(=O)CC(Cc2ccc3c(c2)OCO3)C1=O. The van der Waals surface area contributed by atoms with Gasteiger partial charge < -0.3 is 14.6 Å². The number of ether oxygens (including phenoxy) is 2. The standard InChI is InChI=1S/C14H13NO6/c16-12-5-9(14(19)15(12)6-13(17)18)3-8-1-2-10-11(4-8)21-7-20-10/h1-2,4,9H,3,5-7H2,(H,17,18). The van der Waals surface area contributed by atoms with Gasteiger partial charge in [-0.3, -0.25) is 19.3 Å². The third-order valence-corrected chi connectivity index (χ3v) is 3.55. The van der Waals surface area contributed by atoms with Gasteiger partial charge in [0.15, 0.2) is 11.5 Å². The number of aliphatic carboxylic acids is 1. The summed E-state index contributed by atoms with van der Waals surface area (Å²) in [6.45, 7) is -0.401. The summed E-state index contributed by atoms with van der Waals surface area (Å²) in [6.07, 6.45) is 0.415.